The molecule has 0 amide bonds. The highest BCUT2D eigenvalue weighted by Crippen LogP contribution is 2.46. The van der Waals surface area contributed by atoms with Crippen molar-refractivity contribution >= 4 is 11.8 Å². The van der Waals surface area contributed by atoms with Crippen molar-refractivity contribution in [2.24, 2.45) is 5.92 Å². The fourth-order valence-corrected chi connectivity index (χ4v) is 3.52. The van der Waals surface area contributed by atoms with Gasteiger partial charge in [-0.2, -0.15) is 0 Å². The van der Waals surface area contributed by atoms with Gasteiger partial charge in [0, 0.05) is 17.5 Å². The second-order valence-corrected chi connectivity index (χ2v) is 7.53. The van der Waals surface area contributed by atoms with Gasteiger partial charge in [-0.1, -0.05) is 32.0 Å². The zero-order valence-corrected chi connectivity index (χ0v) is 17.9. The van der Waals surface area contributed by atoms with Crippen molar-refractivity contribution in [1.82, 2.24) is 0 Å². The first-order chi connectivity index (χ1) is 14.5. The van der Waals surface area contributed by atoms with Crippen molar-refractivity contribution in [3.63, 3.8) is 0 Å². The molecule has 1 aliphatic rings. The largest absolute Gasteiger partial charge is 0.493 e. The average Bonchev–Trinajstić information content (AvgIpc) is 3.12. The number of carbonyl (C=O) groups is 2. The standard InChI is InChI=1S/C24H28O6/c1-5-28-24-21(27-4)12-10-19(23(24)30-14-22(26)29-13-15(2)3)16-7-6-8-18-17(16)9-11-20(18)25/h6-8,10,12,15H,5,9,11,13-14H2,1-4H3. The number of ketones is 1. The number of Topliss-reactive ketones (excluding diaryl/α,β-unsaturated/α-hetero) is 1. The maximum Gasteiger partial charge on any atom is 0.344 e. The molecule has 3 rings (SSSR count). The molecule has 0 spiro atoms. The summed E-state index contributed by atoms with van der Waals surface area (Å²) in [7, 11) is 1.55. The Kier molecular flexibility index (Phi) is 6.98. The van der Waals surface area contributed by atoms with Crippen molar-refractivity contribution in [1.29, 1.82) is 0 Å². The van der Waals surface area contributed by atoms with E-state index in [1.54, 1.807) is 13.2 Å². The molecule has 2 aromatic carbocycles. The Morgan fingerprint density at radius 1 is 1.00 bits per heavy atom. The Morgan fingerprint density at radius 3 is 2.47 bits per heavy atom. The summed E-state index contributed by atoms with van der Waals surface area (Å²) in [6.07, 6.45) is 1.18. The molecule has 6 heteroatoms. The van der Waals surface area contributed by atoms with Crippen molar-refractivity contribution in [2.75, 3.05) is 26.9 Å². The molecule has 0 fully saturated rings. The second-order valence-electron chi connectivity index (χ2n) is 7.53. The monoisotopic (exact) mass is 412 g/mol. The van der Waals surface area contributed by atoms with E-state index in [-0.39, 0.29) is 18.3 Å². The third-order valence-electron chi connectivity index (χ3n) is 4.87. The van der Waals surface area contributed by atoms with Gasteiger partial charge >= 0.3 is 5.97 Å². The summed E-state index contributed by atoms with van der Waals surface area (Å²) in [5.41, 5.74) is 3.38. The first-order valence-corrected chi connectivity index (χ1v) is 10.2. The summed E-state index contributed by atoms with van der Waals surface area (Å²) in [6, 6.07) is 9.35. The number of rotatable bonds is 9. The highest BCUT2D eigenvalue weighted by atomic mass is 16.6. The van der Waals surface area contributed by atoms with E-state index in [1.807, 2.05) is 45.0 Å². The minimum Gasteiger partial charge on any atom is -0.493 e. The molecule has 0 aromatic heterocycles. The molecular formula is C24H28O6. The molecule has 0 aliphatic heterocycles. The molecule has 0 N–H and O–H groups in total. The third kappa shape index (κ3) is 4.58. The van der Waals surface area contributed by atoms with Gasteiger partial charge in [-0.3, -0.25) is 4.79 Å². The zero-order chi connectivity index (χ0) is 21.7. The summed E-state index contributed by atoms with van der Waals surface area (Å²) in [5, 5.41) is 0. The first-order valence-electron chi connectivity index (χ1n) is 10.2. The van der Waals surface area contributed by atoms with Gasteiger partial charge < -0.3 is 18.9 Å². The number of hydrogen-bond acceptors (Lipinski definition) is 6. The van der Waals surface area contributed by atoms with Crippen molar-refractivity contribution < 1.29 is 28.5 Å². The Bertz CT molecular complexity index is 932. The first kappa shape index (κ1) is 21.7. The number of benzene rings is 2. The van der Waals surface area contributed by atoms with E-state index in [2.05, 4.69) is 0 Å². The van der Waals surface area contributed by atoms with Crippen LogP contribution in [-0.4, -0.2) is 38.7 Å². The van der Waals surface area contributed by atoms with E-state index in [4.69, 9.17) is 18.9 Å². The van der Waals surface area contributed by atoms with Crippen LogP contribution in [0.2, 0.25) is 0 Å². The lowest BCUT2D eigenvalue weighted by Gasteiger charge is -2.19. The van der Waals surface area contributed by atoms with Gasteiger partial charge in [-0.15, -0.1) is 0 Å². The van der Waals surface area contributed by atoms with Gasteiger partial charge in [0.2, 0.25) is 5.75 Å². The Morgan fingerprint density at radius 2 is 1.77 bits per heavy atom. The molecule has 6 nitrogen and oxygen atoms in total. The van der Waals surface area contributed by atoms with Gasteiger partial charge in [-0.25, -0.2) is 4.79 Å². The molecule has 30 heavy (non-hydrogen) atoms. The lowest BCUT2D eigenvalue weighted by Crippen LogP contribution is -2.18. The van der Waals surface area contributed by atoms with Gasteiger partial charge in [0.15, 0.2) is 23.9 Å². The lowest BCUT2D eigenvalue weighted by molar-refractivity contribution is -0.147. The van der Waals surface area contributed by atoms with E-state index in [1.165, 1.54) is 0 Å². The molecule has 2 aromatic rings. The quantitative estimate of drug-likeness (QED) is 0.566. The predicted molar refractivity (Wildman–Crippen MR) is 114 cm³/mol. The summed E-state index contributed by atoms with van der Waals surface area (Å²) in [6.45, 7) is 6.29. The number of hydrogen-bond donors (Lipinski definition) is 0. The van der Waals surface area contributed by atoms with Crippen LogP contribution in [0.15, 0.2) is 30.3 Å². The van der Waals surface area contributed by atoms with Crippen LogP contribution in [0.4, 0.5) is 0 Å². The Balaban J connectivity index is 2.02. The second kappa shape index (κ2) is 9.65. The van der Waals surface area contributed by atoms with E-state index in [0.29, 0.717) is 43.3 Å². The minimum atomic E-state index is -0.451. The highest BCUT2D eigenvalue weighted by molar-refractivity contribution is 6.02. The van der Waals surface area contributed by atoms with Crippen LogP contribution < -0.4 is 14.2 Å². The van der Waals surface area contributed by atoms with Crippen LogP contribution in [0.3, 0.4) is 0 Å². The van der Waals surface area contributed by atoms with E-state index in [0.717, 1.165) is 22.3 Å². The number of carbonyl (C=O) groups excluding carboxylic acids is 2. The third-order valence-corrected chi connectivity index (χ3v) is 4.87. The maximum absolute atomic E-state index is 12.2. The van der Waals surface area contributed by atoms with Crippen LogP contribution >= 0.6 is 0 Å². The molecule has 0 bridgehead atoms. The van der Waals surface area contributed by atoms with Crippen LogP contribution in [0.25, 0.3) is 11.1 Å². The summed E-state index contributed by atoms with van der Waals surface area (Å²) in [4.78, 5) is 24.4. The molecule has 0 radical (unpaired) electrons. The topological polar surface area (TPSA) is 71.1 Å². The average molecular weight is 412 g/mol. The number of methoxy groups -OCH3 is 1. The molecule has 1 aliphatic carbocycles. The molecule has 0 saturated carbocycles. The van der Waals surface area contributed by atoms with E-state index < -0.39 is 5.97 Å². The fraction of sp³-hybridized carbons (Fsp3) is 0.417. The molecule has 0 saturated heterocycles. The van der Waals surface area contributed by atoms with Crippen molar-refractivity contribution in [2.45, 2.75) is 33.6 Å². The van der Waals surface area contributed by atoms with Crippen LogP contribution in [0.5, 0.6) is 17.2 Å². The van der Waals surface area contributed by atoms with Gasteiger partial charge in [0.1, 0.15) is 0 Å². The lowest BCUT2D eigenvalue weighted by atomic mass is 9.95. The Labute approximate surface area is 177 Å². The fourth-order valence-electron chi connectivity index (χ4n) is 3.52. The molecule has 160 valence electrons. The van der Waals surface area contributed by atoms with Crippen LogP contribution in [0, 0.1) is 5.92 Å². The normalized spacial score (nSPS) is 12.6. The number of esters is 1. The summed E-state index contributed by atoms with van der Waals surface area (Å²) < 4.78 is 22.4. The minimum absolute atomic E-state index is 0.144. The molecule has 0 unspecified atom stereocenters. The van der Waals surface area contributed by atoms with E-state index in [9.17, 15) is 9.59 Å². The molecule has 0 atom stereocenters. The van der Waals surface area contributed by atoms with Crippen molar-refractivity contribution in [3.8, 4) is 28.4 Å². The van der Waals surface area contributed by atoms with Crippen LogP contribution in [0.1, 0.15) is 43.1 Å². The SMILES string of the molecule is CCOc1c(OC)ccc(-c2cccc3c2CCC3=O)c1OCC(=O)OCC(C)C. The predicted octanol–water partition coefficient (Wildman–Crippen LogP) is 4.47. The van der Waals surface area contributed by atoms with Crippen LogP contribution in [-0.2, 0) is 16.0 Å². The Hall–Kier alpha value is -3.02. The van der Waals surface area contributed by atoms with E-state index >= 15 is 0 Å². The van der Waals surface area contributed by atoms with Gasteiger partial charge in [0.25, 0.3) is 0 Å². The smallest absolute Gasteiger partial charge is 0.344 e. The molecular weight excluding hydrogens is 384 g/mol. The van der Waals surface area contributed by atoms with Gasteiger partial charge in [0.05, 0.1) is 20.3 Å². The van der Waals surface area contributed by atoms with Crippen molar-refractivity contribution in [3.05, 3.63) is 41.5 Å². The number of fused-ring (bicyclic) bond motifs is 1. The zero-order valence-electron chi connectivity index (χ0n) is 17.9. The highest BCUT2D eigenvalue weighted by Gasteiger charge is 2.26. The van der Waals surface area contributed by atoms with Gasteiger partial charge in [-0.05, 0) is 42.5 Å². The summed E-state index contributed by atoms with van der Waals surface area (Å²) in [5.74, 6) is 1.28. The molecule has 0 heterocycles. The number of ether oxygens (including phenoxy) is 4. The summed E-state index contributed by atoms with van der Waals surface area (Å²) >= 11 is 0. The maximum atomic E-state index is 12.2.